The van der Waals surface area contributed by atoms with Crippen LogP contribution in [0, 0.1) is 5.92 Å². The number of amides is 1. The largest absolute Gasteiger partial charge is 0.483 e. The summed E-state index contributed by atoms with van der Waals surface area (Å²) in [5, 5.41) is 7.58. The number of alkyl halides is 3. The van der Waals surface area contributed by atoms with Gasteiger partial charge in [-0.3, -0.25) is 14.4 Å². The fraction of sp³-hybridized carbons (Fsp3) is 0.636. The number of ether oxygens (including phenoxy) is 2. The van der Waals surface area contributed by atoms with Gasteiger partial charge < -0.3 is 14.8 Å². The second-order valence-electron chi connectivity index (χ2n) is 8.54. The summed E-state index contributed by atoms with van der Waals surface area (Å²) in [5.74, 6) is 0.0287. The second kappa shape index (κ2) is 11.4. The fourth-order valence-electron chi connectivity index (χ4n) is 3.85. The summed E-state index contributed by atoms with van der Waals surface area (Å²) in [4.78, 5) is 15.0. The summed E-state index contributed by atoms with van der Waals surface area (Å²) >= 11 is 0. The van der Waals surface area contributed by atoms with Crippen molar-refractivity contribution in [1.82, 2.24) is 20.0 Å². The highest BCUT2D eigenvalue weighted by Crippen LogP contribution is 2.31. The van der Waals surface area contributed by atoms with Crippen molar-refractivity contribution in [2.45, 2.75) is 44.9 Å². The summed E-state index contributed by atoms with van der Waals surface area (Å²) < 4.78 is 50.9. The van der Waals surface area contributed by atoms with Gasteiger partial charge in [0.25, 0.3) is 5.91 Å². The van der Waals surface area contributed by atoms with E-state index in [-0.39, 0.29) is 30.3 Å². The average molecular weight is 491 g/mol. The maximum absolute atomic E-state index is 12.9. The van der Waals surface area contributed by atoms with Gasteiger partial charge in [-0.2, -0.15) is 18.3 Å². The van der Waals surface area contributed by atoms with Gasteiger partial charge in [0.2, 0.25) is 0 Å². The molecule has 1 saturated heterocycles. The Morgan fingerprint density at radius 1 is 1.18 bits per heavy atom. The van der Waals surface area contributed by atoms with Crippen LogP contribution in [-0.2, 0) is 11.4 Å². The lowest BCUT2D eigenvalue weighted by molar-refractivity contribution is -0.153. The zero-order valence-corrected chi connectivity index (χ0v) is 19.2. The normalized spacial score (nSPS) is 17.1. The molecule has 33 heavy (non-hydrogen) atoms. The summed E-state index contributed by atoms with van der Waals surface area (Å²) in [7, 11) is 0. The molecule has 1 aliphatic heterocycles. The Morgan fingerprint density at radius 3 is 2.64 bits per heavy atom. The molecule has 7 nitrogen and oxygen atoms in total. The number of hydrogen-bond donors (Lipinski definition) is 1. The van der Waals surface area contributed by atoms with Crippen LogP contribution in [0.4, 0.5) is 13.2 Å². The number of hydrogen-bond acceptors (Lipinski definition) is 5. The molecular weight excluding hydrogens is 461 g/mol. The van der Waals surface area contributed by atoms with Crippen molar-refractivity contribution in [2.75, 3.05) is 39.5 Å². The molecule has 1 aromatic heterocycles. The molecule has 1 amide bonds. The second-order valence-corrected chi connectivity index (χ2v) is 8.54. The third-order valence-corrected chi connectivity index (χ3v) is 5.69. The highest BCUT2D eigenvalue weighted by Gasteiger charge is 2.30. The molecule has 1 aromatic carbocycles. The van der Waals surface area contributed by atoms with Crippen LogP contribution in [0.5, 0.6) is 5.75 Å². The minimum atomic E-state index is -4.52. The lowest BCUT2D eigenvalue weighted by atomic mass is 10.1. The maximum Gasteiger partial charge on any atom is 0.422 e. The summed E-state index contributed by atoms with van der Waals surface area (Å²) in [5.41, 5.74) is 0.546. The van der Waals surface area contributed by atoms with E-state index in [1.54, 1.807) is 16.9 Å². The van der Waals surface area contributed by atoms with Crippen LogP contribution in [-0.4, -0.2) is 66.2 Å². The zero-order chi connectivity index (χ0) is 22.6. The molecule has 11 heteroatoms. The van der Waals surface area contributed by atoms with Crippen LogP contribution in [0.1, 0.15) is 42.5 Å². The smallest absolute Gasteiger partial charge is 0.422 e. The van der Waals surface area contributed by atoms with Crippen LogP contribution < -0.4 is 10.1 Å². The van der Waals surface area contributed by atoms with E-state index in [1.165, 1.54) is 25.3 Å². The number of piperidine rings is 1. The van der Waals surface area contributed by atoms with Crippen molar-refractivity contribution < 1.29 is 27.4 Å². The molecule has 1 aliphatic carbocycles. The van der Waals surface area contributed by atoms with E-state index in [0.717, 1.165) is 25.9 Å². The van der Waals surface area contributed by atoms with Gasteiger partial charge in [0.05, 0.1) is 29.7 Å². The van der Waals surface area contributed by atoms with E-state index in [9.17, 15) is 18.0 Å². The van der Waals surface area contributed by atoms with Crippen molar-refractivity contribution in [3.05, 3.63) is 23.9 Å². The van der Waals surface area contributed by atoms with E-state index >= 15 is 0 Å². The first-order valence-corrected chi connectivity index (χ1v) is 11.2. The first-order valence-electron chi connectivity index (χ1n) is 11.2. The van der Waals surface area contributed by atoms with E-state index in [2.05, 4.69) is 15.3 Å². The minimum absolute atomic E-state index is 0. The quantitative estimate of drug-likeness (QED) is 0.510. The number of halogens is 4. The topological polar surface area (TPSA) is 68.6 Å². The van der Waals surface area contributed by atoms with Crippen LogP contribution >= 0.6 is 12.4 Å². The molecule has 0 radical (unpaired) electrons. The van der Waals surface area contributed by atoms with Crippen LogP contribution in [0.2, 0.25) is 0 Å². The lowest BCUT2D eigenvalue weighted by Gasteiger charge is -2.25. The molecule has 4 rings (SSSR count). The predicted molar refractivity (Wildman–Crippen MR) is 120 cm³/mol. The van der Waals surface area contributed by atoms with Gasteiger partial charge in [0.15, 0.2) is 6.61 Å². The molecule has 0 atom stereocenters. The number of benzene rings is 1. The minimum Gasteiger partial charge on any atom is -0.483 e. The Bertz CT molecular complexity index is 927. The van der Waals surface area contributed by atoms with Crippen LogP contribution in [0.25, 0.3) is 10.9 Å². The van der Waals surface area contributed by atoms with Crippen molar-refractivity contribution in [3.8, 4) is 5.75 Å². The predicted octanol–water partition coefficient (Wildman–Crippen LogP) is 4.00. The summed E-state index contributed by atoms with van der Waals surface area (Å²) in [6, 6.07) is 3.10. The standard InChI is InChI=1S/C22H29F3N4O3.ClH/c23-22(24,25)14-32-20-17(21(30)26-8-11-31-13-16-4-5-16)6-7-19-18(20)12-29(27-19)15-28-9-2-1-3-10-28;/h6-7,12,16H,1-5,8-11,13-15H2,(H,26,30);1H. The van der Waals surface area contributed by atoms with Gasteiger partial charge in [0.1, 0.15) is 5.75 Å². The molecule has 1 N–H and O–H groups in total. The number of fused-ring (bicyclic) bond motifs is 1. The van der Waals surface area contributed by atoms with Crippen molar-refractivity contribution in [1.29, 1.82) is 0 Å². The molecule has 1 saturated carbocycles. The van der Waals surface area contributed by atoms with E-state index in [0.29, 0.717) is 36.7 Å². The van der Waals surface area contributed by atoms with Gasteiger partial charge in [0, 0.05) is 19.3 Å². The molecule has 184 valence electrons. The monoisotopic (exact) mass is 490 g/mol. The van der Waals surface area contributed by atoms with Gasteiger partial charge in [-0.05, 0) is 56.8 Å². The van der Waals surface area contributed by atoms with Gasteiger partial charge in [-0.1, -0.05) is 6.42 Å². The van der Waals surface area contributed by atoms with Gasteiger partial charge in [-0.15, -0.1) is 12.4 Å². The van der Waals surface area contributed by atoms with E-state index in [4.69, 9.17) is 9.47 Å². The number of nitrogens with one attached hydrogen (secondary N) is 1. The number of carbonyl (C=O) groups is 1. The Kier molecular flexibility index (Phi) is 8.83. The number of rotatable bonds is 10. The van der Waals surface area contributed by atoms with Crippen molar-refractivity contribution in [3.63, 3.8) is 0 Å². The summed E-state index contributed by atoms with van der Waals surface area (Å²) in [6.45, 7) is 2.31. The van der Waals surface area contributed by atoms with E-state index < -0.39 is 18.7 Å². The van der Waals surface area contributed by atoms with Crippen molar-refractivity contribution in [2.24, 2.45) is 5.92 Å². The van der Waals surface area contributed by atoms with Crippen LogP contribution in [0.15, 0.2) is 18.3 Å². The zero-order valence-electron chi connectivity index (χ0n) is 18.4. The molecule has 2 aliphatic rings. The van der Waals surface area contributed by atoms with E-state index in [1.807, 2.05) is 0 Å². The molecule has 2 fully saturated rings. The molecular formula is C22H30ClF3N4O3. The average Bonchev–Trinajstić information content (AvgIpc) is 3.49. The number of aromatic nitrogens is 2. The molecule has 0 bridgehead atoms. The number of likely N-dealkylation sites (tertiary alicyclic amines) is 1. The summed E-state index contributed by atoms with van der Waals surface area (Å²) in [6.07, 6.45) is 2.94. The van der Waals surface area contributed by atoms with Gasteiger partial charge >= 0.3 is 6.18 Å². The Morgan fingerprint density at radius 2 is 1.94 bits per heavy atom. The SMILES string of the molecule is Cl.O=C(NCCOCC1CC1)c1ccc2nn(CN3CCCCC3)cc2c1OCC(F)(F)F. The first kappa shape index (κ1) is 25.6. The lowest BCUT2D eigenvalue weighted by Crippen LogP contribution is -2.31. The highest BCUT2D eigenvalue weighted by molar-refractivity contribution is 6.03. The molecule has 2 heterocycles. The molecule has 2 aromatic rings. The third-order valence-electron chi connectivity index (χ3n) is 5.69. The molecule has 0 unspecified atom stereocenters. The number of carbonyl (C=O) groups excluding carboxylic acids is 1. The maximum atomic E-state index is 12.9. The van der Waals surface area contributed by atoms with Gasteiger partial charge in [-0.25, -0.2) is 0 Å². The Labute approximate surface area is 197 Å². The van der Waals surface area contributed by atoms with Crippen molar-refractivity contribution >= 4 is 29.2 Å². The van der Waals surface area contributed by atoms with Crippen LogP contribution in [0.3, 0.4) is 0 Å². The fourth-order valence-corrected chi connectivity index (χ4v) is 3.85. The Balaban J connectivity index is 0.00000306. The molecule has 0 spiro atoms. The Hall–Kier alpha value is -2.04. The first-order chi connectivity index (χ1) is 15.4. The highest BCUT2D eigenvalue weighted by atomic mass is 35.5. The number of nitrogens with zero attached hydrogens (tertiary/aromatic N) is 3. The third kappa shape index (κ3) is 7.48.